The van der Waals surface area contributed by atoms with Crippen molar-refractivity contribution in [1.82, 2.24) is 4.90 Å². The Morgan fingerprint density at radius 3 is 2.47 bits per heavy atom. The van der Waals surface area contributed by atoms with Gasteiger partial charge >= 0.3 is 0 Å². The summed E-state index contributed by atoms with van der Waals surface area (Å²) in [4.78, 5) is 14.4. The maximum Gasteiger partial charge on any atom is 0.180 e. The Kier molecular flexibility index (Phi) is 6.03. The fourth-order valence-corrected chi connectivity index (χ4v) is 2.20. The van der Waals surface area contributed by atoms with Crippen molar-refractivity contribution in [3.63, 3.8) is 0 Å². The van der Waals surface area contributed by atoms with Crippen LogP contribution in [0.2, 0.25) is 0 Å². The lowest BCUT2D eigenvalue weighted by molar-refractivity contribution is 0.0913. The fraction of sp³-hybridized carbons (Fsp3) is 0.562. The summed E-state index contributed by atoms with van der Waals surface area (Å²) in [7, 11) is 3.59. The summed E-state index contributed by atoms with van der Waals surface area (Å²) in [5, 5.41) is 0. The molecule has 0 bridgehead atoms. The first-order valence-electron chi connectivity index (χ1n) is 6.82. The molecule has 3 nitrogen and oxygen atoms in total. The second-order valence-electron chi connectivity index (χ2n) is 5.52. The number of ketones is 1. The third-order valence-corrected chi connectivity index (χ3v) is 3.37. The largest absolute Gasteiger partial charge is 0.496 e. The molecule has 0 heterocycles. The van der Waals surface area contributed by atoms with Crippen molar-refractivity contribution in [2.75, 3.05) is 20.7 Å². The van der Waals surface area contributed by atoms with Crippen molar-refractivity contribution in [2.45, 2.75) is 33.2 Å². The van der Waals surface area contributed by atoms with Gasteiger partial charge in [0.05, 0.1) is 19.2 Å². The molecule has 0 spiro atoms. The molecule has 0 aromatic heterocycles. The van der Waals surface area contributed by atoms with Gasteiger partial charge in [-0.2, -0.15) is 0 Å². The summed E-state index contributed by atoms with van der Waals surface area (Å²) in [6.07, 6.45) is 1.09. The molecule has 106 valence electrons. The van der Waals surface area contributed by atoms with Gasteiger partial charge in [-0.05, 0) is 38.4 Å². The highest BCUT2D eigenvalue weighted by atomic mass is 16.5. The molecule has 1 rings (SSSR count). The number of likely N-dealkylation sites (N-methyl/N-ethyl adjacent to an activating group) is 1. The second kappa shape index (κ2) is 7.29. The molecule has 0 saturated carbocycles. The van der Waals surface area contributed by atoms with Crippen LogP contribution in [0.1, 0.15) is 37.6 Å². The number of Topliss-reactive ketones (excluding diaryl/α,β-unsaturated/α-hetero) is 1. The van der Waals surface area contributed by atoms with Gasteiger partial charge in [0.25, 0.3) is 0 Å². The van der Waals surface area contributed by atoms with Crippen LogP contribution in [0.25, 0.3) is 0 Å². The third kappa shape index (κ3) is 4.67. The molecule has 3 heteroatoms. The molecule has 0 aliphatic heterocycles. The number of carbonyl (C=O) groups is 1. The van der Waals surface area contributed by atoms with Crippen molar-refractivity contribution in [1.29, 1.82) is 0 Å². The summed E-state index contributed by atoms with van der Waals surface area (Å²) < 4.78 is 5.23. The quantitative estimate of drug-likeness (QED) is 0.707. The molecule has 0 aliphatic carbocycles. The van der Waals surface area contributed by atoms with E-state index in [1.165, 1.54) is 0 Å². The number of para-hydroxylation sites is 1. The Balaban J connectivity index is 2.68. The number of benzene rings is 1. The van der Waals surface area contributed by atoms with Crippen molar-refractivity contribution >= 4 is 5.78 Å². The Hall–Kier alpha value is -1.35. The van der Waals surface area contributed by atoms with Crippen LogP contribution in [-0.4, -0.2) is 37.4 Å². The first-order valence-corrected chi connectivity index (χ1v) is 6.82. The lowest BCUT2D eigenvalue weighted by atomic mass is 10.0. The van der Waals surface area contributed by atoms with Gasteiger partial charge < -0.3 is 4.74 Å². The first kappa shape index (κ1) is 15.7. The molecule has 0 fully saturated rings. The van der Waals surface area contributed by atoms with Crippen molar-refractivity contribution < 1.29 is 9.53 Å². The van der Waals surface area contributed by atoms with Crippen molar-refractivity contribution in [3.8, 4) is 5.75 Å². The van der Waals surface area contributed by atoms with E-state index in [1.807, 2.05) is 31.3 Å². The normalized spacial score (nSPS) is 12.8. The molecule has 1 atom stereocenters. The van der Waals surface area contributed by atoms with Gasteiger partial charge in [-0.3, -0.25) is 9.69 Å². The predicted molar refractivity (Wildman–Crippen MR) is 78.9 cm³/mol. The van der Waals surface area contributed by atoms with Crippen LogP contribution in [0, 0.1) is 5.92 Å². The number of nitrogens with zero attached hydrogens (tertiary/aromatic N) is 1. The van der Waals surface area contributed by atoms with Crippen LogP contribution >= 0.6 is 0 Å². The summed E-state index contributed by atoms with van der Waals surface area (Å²) >= 11 is 0. The van der Waals surface area contributed by atoms with Gasteiger partial charge in [-0.25, -0.2) is 0 Å². The number of rotatable bonds is 7. The highest BCUT2D eigenvalue weighted by Crippen LogP contribution is 2.19. The van der Waals surface area contributed by atoms with E-state index >= 15 is 0 Å². The third-order valence-electron chi connectivity index (χ3n) is 3.37. The van der Waals surface area contributed by atoms with Crippen LogP contribution < -0.4 is 4.74 Å². The minimum atomic E-state index is 0.107. The van der Waals surface area contributed by atoms with E-state index in [9.17, 15) is 4.79 Å². The molecule has 0 saturated heterocycles. The Morgan fingerprint density at radius 2 is 1.89 bits per heavy atom. The van der Waals surface area contributed by atoms with E-state index < -0.39 is 0 Å². The van der Waals surface area contributed by atoms with Gasteiger partial charge in [0.15, 0.2) is 5.78 Å². The lowest BCUT2D eigenvalue weighted by Crippen LogP contribution is -2.34. The van der Waals surface area contributed by atoms with E-state index in [0.717, 1.165) is 6.42 Å². The van der Waals surface area contributed by atoms with Crippen LogP contribution in [-0.2, 0) is 0 Å². The zero-order valence-electron chi connectivity index (χ0n) is 12.6. The van der Waals surface area contributed by atoms with E-state index in [1.54, 1.807) is 7.11 Å². The minimum Gasteiger partial charge on any atom is -0.496 e. The molecule has 0 aliphatic rings. The maximum atomic E-state index is 12.3. The number of methoxy groups -OCH3 is 1. The molecule has 0 amide bonds. The van der Waals surface area contributed by atoms with Gasteiger partial charge in [-0.15, -0.1) is 0 Å². The van der Waals surface area contributed by atoms with E-state index in [-0.39, 0.29) is 5.78 Å². The van der Waals surface area contributed by atoms with Gasteiger partial charge in [0, 0.05) is 6.04 Å². The highest BCUT2D eigenvalue weighted by Gasteiger charge is 2.17. The SMILES string of the molecule is COc1ccccc1C(=O)CN(C)C(C)CC(C)C. The monoisotopic (exact) mass is 263 g/mol. The predicted octanol–water partition coefficient (Wildman–Crippen LogP) is 3.24. The fourth-order valence-electron chi connectivity index (χ4n) is 2.20. The van der Waals surface area contributed by atoms with Crippen LogP contribution in [0.3, 0.4) is 0 Å². The molecule has 1 aromatic rings. The zero-order chi connectivity index (χ0) is 14.4. The average Bonchev–Trinajstić information content (AvgIpc) is 2.37. The first-order chi connectivity index (χ1) is 8.95. The molecule has 0 radical (unpaired) electrons. The Morgan fingerprint density at radius 1 is 1.26 bits per heavy atom. The molecule has 0 N–H and O–H groups in total. The summed E-state index contributed by atoms with van der Waals surface area (Å²) in [5.74, 6) is 1.40. The molecular formula is C16H25NO2. The van der Waals surface area contributed by atoms with E-state index in [0.29, 0.717) is 29.8 Å². The highest BCUT2D eigenvalue weighted by molar-refractivity contribution is 6.00. The summed E-state index contributed by atoms with van der Waals surface area (Å²) in [5.41, 5.74) is 0.661. The van der Waals surface area contributed by atoms with Crippen LogP contribution in [0.15, 0.2) is 24.3 Å². The number of carbonyl (C=O) groups excluding carboxylic acids is 1. The van der Waals surface area contributed by atoms with Crippen molar-refractivity contribution in [3.05, 3.63) is 29.8 Å². The van der Waals surface area contributed by atoms with Gasteiger partial charge in [0.2, 0.25) is 0 Å². The van der Waals surface area contributed by atoms with Gasteiger partial charge in [0.1, 0.15) is 5.75 Å². The Labute approximate surface area is 116 Å². The van der Waals surface area contributed by atoms with Crippen LogP contribution in [0.5, 0.6) is 5.75 Å². The average molecular weight is 263 g/mol. The van der Waals surface area contributed by atoms with Crippen LogP contribution in [0.4, 0.5) is 0 Å². The smallest absolute Gasteiger partial charge is 0.180 e. The standard InChI is InChI=1S/C16H25NO2/c1-12(2)10-13(3)17(4)11-15(18)14-8-6-7-9-16(14)19-5/h6-9,12-13H,10-11H2,1-5H3. The second-order valence-corrected chi connectivity index (χ2v) is 5.52. The maximum absolute atomic E-state index is 12.3. The molecule has 19 heavy (non-hydrogen) atoms. The lowest BCUT2D eigenvalue weighted by Gasteiger charge is -2.25. The molecule has 1 aromatic carbocycles. The summed E-state index contributed by atoms with van der Waals surface area (Å²) in [6, 6.07) is 7.79. The topological polar surface area (TPSA) is 29.5 Å². The molecular weight excluding hydrogens is 238 g/mol. The minimum absolute atomic E-state index is 0.107. The van der Waals surface area contributed by atoms with Crippen molar-refractivity contribution in [2.24, 2.45) is 5.92 Å². The Bertz CT molecular complexity index is 415. The van der Waals surface area contributed by atoms with Gasteiger partial charge in [-0.1, -0.05) is 26.0 Å². The number of ether oxygens (including phenoxy) is 1. The van der Waals surface area contributed by atoms with E-state index in [4.69, 9.17) is 4.74 Å². The summed E-state index contributed by atoms with van der Waals surface area (Å²) in [6.45, 7) is 6.99. The zero-order valence-corrected chi connectivity index (χ0v) is 12.6. The number of hydrogen-bond donors (Lipinski definition) is 0. The van der Waals surface area contributed by atoms with E-state index in [2.05, 4.69) is 25.7 Å². The number of hydrogen-bond acceptors (Lipinski definition) is 3. The molecule has 1 unspecified atom stereocenters.